The lowest BCUT2D eigenvalue weighted by Gasteiger charge is -2.25. The van der Waals surface area contributed by atoms with Crippen molar-refractivity contribution in [2.45, 2.75) is 19.4 Å². The van der Waals surface area contributed by atoms with E-state index in [1.54, 1.807) is 0 Å². The van der Waals surface area contributed by atoms with Crippen LogP contribution in [0.25, 0.3) is 0 Å². The normalized spacial score (nSPS) is 21.6. The second-order valence-electron chi connectivity index (χ2n) is 5.13. The van der Waals surface area contributed by atoms with Crippen LogP contribution in [0.4, 0.5) is 8.78 Å². The molecule has 1 saturated heterocycles. The summed E-state index contributed by atoms with van der Waals surface area (Å²) in [5.41, 5.74) is -0.996. The Hall–Kier alpha value is -2.02. The number of carbonyl (C=O) groups is 2. The Balaban J connectivity index is 2.44. The molecule has 0 saturated carbocycles. The number of halogens is 2. The summed E-state index contributed by atoms with van der Waals surface area (Å²) < 4.78 is 26.5. The van der Waals surface area contributed by atoms with Crippen molar-refractivity contribution in [2.75, 3.05) is 13.2 Å². The van der Waals surface area contributed by atoms with Gasteiger partial charge in [0.25, 0.3) is 5.91 Å². The third-order valence-corrected chi connectivity index (χ3v) is 3.85. The smallest absolute Gasteiger partial charge is 0.336 e. The minimum atomic E-state index is -1.51. The molecule has 114 valence electrons. The molecule has 2 rings (SSSR count). The molecule has 1 aliphatic heterocycles. The monoisotopic (exact) mass is 299 g/mol. The Labute approximate surface area is 119 Å². The molecule has 1 aromatic rings. The van der Waals surface area contributed by atoms with Gasteiger partial charge in [0.1, 0.15) is 0 Å². The van der Waals surface area contributed by atoms with E-state index in [2.05, 4.69) is 0 Å². The van der Waals surface area contributed by atoms with Crippen LogP contribution in [0.3, 0.4) is 0 Å². The van der Waals surface area contributed by atoms with Gasteiger partial charge >= 0.3 is 5.97 Å². The lowest BCUT2D eigenvalue weighted by molar-refractivity contribution is 0.0624. The third-order valence-electron chi connectivity index (χ3n) is 3.85. The topological polar surface area (TPSA) is 77.8 Å². The second-order valence-corrected chi connectivity index (χ2v) is 5.13. The SMILES string of the molecule is CC1CCN(C(=O)c2cc(F)c(F)cc2C(=O)O)C1CO. The molecule has 21 heavy (non-hydrogen) atoms. The second kappa shape index (κ2) is 5.77. The molecule has 1 heterocycles. The number of carbonyl (C=O) groups excluding carboxylic acids is 1. The molecule has 1 fully saturated rings. The Kier molecular flexibility index (Phi) is 4.22. The van der Waals surface area contributed by atoms with Crippen LogP contribution in [0.2, 0.25) is 0 Å². The number of hydrogen-bond donors (Lipinski definition) is 2. The van der Waals surface area contributed by atoms with Crippen LogP contribution >= 0.6 is 0 Å². The average Bonchev–Trinajstić information content (AvgIpc) is 2.81. The van der Waals surface area contributed by atoms with Gasteiger partial charge in [-0.15, -0.1) is 0 Å². The Morgan fingerprint density at radius 3 is 2.38 bits per heavy atom. The van der Waals surface area contributed by atoms with Crippen molar-refractivity contribution in [3.8, 4) is 0 Å². The molecular weight excluding hydrogens is 284 g/mol. The lowest BCUT2D eigenvalue weighted by atomic mass is 10.0. The molecule has 2 N–H and O–H groups in total. The van der Waals surface area contributed by atoms with Gasteiger partial charge in [-0.1, -0.05) is 6.92 Å². The molecule has 0 aliphatic carbocycles. The van der Waals surface area contributed by atoms with Crippen molar-refractivity contribution in [1.29, 1.82) is 0 Å². The first kappa shape index (κ1) is 15.4. The fourth-order valence-corrected chi connectivity index (χ4v) is 2.59. The number of benzene rings is 1. The highest BCUT2D eigenvalue weighted by Gasteiger charge is 2.36. The number of nitrogens with zero attached hydrogens (tertiary/aromatic N) is 1. The number of aromatic carboxylic acids is 1. The maximum atomic E-state index is 13.3. The van der Waals surface area contributed by atoms with E-state index >= 15 is 0 Å². The standard InChI is InChI=1S/C14H15F2NO4/c1-7-2-3-17(12(7)6-18)13(19)8-4-10(15)11(16)5-9(8)14(20)21/h4-5,7,12,18H,2-3,6H2,1H3,(H,20,21). The number of carboxylic acid groups (broad SMARTS) is 1. The average molecular weight is 299 g/mol. The van der Waals surface area contributed by atoms with Gasteiger partial charge in [-0.25, -0.2) is 13.6 Å². The van der Waals surface area contributed by atoms with Crippen LogP contribution in [0, 0.1) is 17.6 Å². The van der Waals surface area contributed by atoms with Gasteiger partial charge in [0.15, 0.2) is 11.6 Å². The summed E-state index contributed by atoms with van der Waals surface area (Å²) in [4.78, 5) is 24.8. The van der Waals surface area contributed by atoms with Crippen LogP contribution in [0.15, 0.2) is 12.1 Å². The summed E-state index contributed by atoms with van der Waals surface area (Å²) in [7, 11) is 0. The first-order valence-electron chi connectivity index (χ1n) is 6.51. The summed E-state index contributed by atoms with van der Waals surface area (Å²) in [6, 6.07) is 0.643. The number of carboxylic acids is 1. The number of aliphatic hydroxyl groups excluding tert-OH is 1. The Bertz CT molecular complexity index is 591. The van der Waals surface area contributed by atoms with E-state index in [0.29, 0.717) is 25.1 Å². The molecule has 1 aliphatic rings. The van der Waals surface area contributed by atoms with Crippen LogP contribution in [-0.2, 0) is 0 Å². The van der Waals surface area contributed by atoms with E-state index in [-0.39, 0.29) is 12.5 Å². The van der Waals surface area contributed by atoms with E-state index < -0.39 is 40.7 Å². The zero-order valence-corrected chi connectivity index (χ0v) is 11.3. The van der Waals surface area contributed by atoms with Crippen molar-refractivity contribution in [3.63, 3.8) is 0 Å². The third kappa shape index (κ3) is 2.73. The minimum Gasteiger partial charge on any atom is -0.478 e. The highest BCUT2D eigenvalue weighted by Crippen LogP contribution is 2.27. The summed E-state index contributed by atoms with van der Waals surface area (Å²) in [6.45, 7) is 1.93. The minimum absolute atomic E-state index is 0.0533. The Morgan fingerprint density at radius 1 is 1.29 bits per heavy atom. The molecule has 0 aromatic heterocycles. The number of amides is 1. The maximum Gasteiger partial charge on any atom is 0.336 e. The molecule has 0 bridgehead atoms. The zero-order chi connectivity index (χ0) is 15.7. The van der Waals surface area contributed by atoms with Gasteiger partial charge in [-0.05, 0) is 24.5 Å². The predicted octanol–water partition coefficient (Wildman–Crippen LogP) is 1.51. The molecular formula is C14H15F2NO4. The number of aliphatic hydroxyl groups is 1. The van der Waals surface area contributed by atoms with Crippen LogP contribution in [-0.4, -0.2) is 46.2 Å². The predicted molar refractivity (Wildman–Crippen MR) is 69.0 cm³/mol. The molecule has 7 heteroatoms. The van der Waals surface area contributed by atoms with Gasteiger partial charge in [-0.2, -0.15) is 0 Å². The Morgan fingerprint density at radius 2 is 1.86 bits per heavy atom. The van der Waals surface area contributed by atoms with Gasteiger partial charge in [-0.3, -0.25) is 4.79 Å². The maximum absolute atomic E-state index is 13.3. The first-order chi connectivity index (χ1) is 9.86. The van der Waals surface area contributed by atoms with Crippen molar-refractivity contribution in [3.05, 3.63) is 34.9 Å². The van der Waals surface area contributed by atoms with Crippen LogP contribution in [0.5, 0.6) is 0 Å². The first-order valence-corrected chi connectivity index (χ1v) is 6.51. The summed E-state index contributed by atoms with van der Waals surface area (Å²) in [6.07, 6.45) is 0.656. The fraction of sp³-hybridized carbons (Fsp3) is 0.429. The van der Waals surface area contributed by atoms with Crippen LogP contribution < -0.4 is 0 Å². The highest BCUT2D eigenvalue weighted by atomic mass is 19.2. The number of likely N-dealkylation sites (tertiary alicyclic amines) is 1. The van der Waals surface area contributed by atoms with Crippen molar-refractivity contribution < 1.29 is 28.6 Å². The van der Waals surface area contributed by atoms with Gasteiger partial charge < -0.3 is 15.1 Å². The zero-order valence-electron chi connectivity index (χ0n) is 11.3. The van der Waals surface area contributed by atoms with Crippen molar-refractivity contribution in [2.24, 2.45) is 5.92 Å². The van der Waals surface area contributed by atoms with Gasteiger partial charge in [0.2, 0.25) is 0 Å². The summed E-state index contributed by atoms with van der Waals surface area (Å²) in [5.74, 6) is -4.77. The highest BCUT2D eigenvalue weighted by molar-refractivity contribution is 6.05. The van der Waals surface area contributed by atoms with Crippen molar-refractivity contribution >= 4 is 11.9 Å². The van der Waals surface area contributed by atoms with E-state index in [1.807, 2.05) is 6.92 Å². The van der Waals surface area contributed by atoms with Gasteiger partial charge in [0, 0.05) is 6.54 Å². The van der Waals surface area contributed by atoms with Crippen molar-refractivity contribution in [1.82, 2.24) is 4.90 Å². The lowest BCUT2D eigenvalue weighted by Crippen LogP contribution is -2.40. The number of hydrogen-bond acceptors (Lipinski definition) is 3. The van der Waals surface area contributed by atoms with E-state index in [9.17, 15) is 23.5 Å². The quantitative estimate of drug-likeness (QED) is 0.887. The van der Waals surface area contributed by atoms with Crippen LogP contribution in [0.1, 0.15) is 34.1 Å². The molecule has 2 unspecified atom stereocenters. The largest absolute Gasteiger partial charge is 0.478 e. The van der Waals surface area contributed by atoms with Gasteiger partial charge in [0.05, 0.1) is 23.8 Å². The number of rotatable bonds is 3. The van der Waals surface area contributed by atoms with E-state index in [1.165, 1.54) is 4.90 Å². The summed E-state index contributed by atoms with van der Waals surface area (Å²) >= 11 is 0. The fourth-order valence-electron chi connectivity index (χ4n) is 2.59. The molecule has 1 aromatic carbocycles. The van der Waals surface area contributed by atoms with E-state index in [0.717, 1.165) is 0 Å². The summed E-state index contributed by atoms with van der Waals surface area (Å²) in [5, 5.41) is 18.4. The molecule has 2 atom stereocenters. The molecule has 0 spiro atoms. The molecule has 0 radical (unpaired) electrons. The van der Waals surface area contributed by atoms with E-state index in [4.69, 9.17) is 5.11 Å². The molecule has 5 nitrogen and oxygen atoms in total. The molecule has 1 amide bonds.